The molecule has 0 bridgehead atoms. The standard InChI is InChI=1S/C15H19N5O5/c16-15(4-8-2-1-3-24-8)12-13(17-6-19-15)20(7-18-12)14-11(23)10(22)9(5-21)25-14/h1-3,6,9-11,14,21-23H,4-5,7,16H2/t9-,10-,11-,14-,15?/m1/s1. The van der Waals surface area contributed by atoms with Gasteiger partial charge in [-0.2, -0.15) is 0 Å². The number of rotatable bonds is 4. The molecule has 10 heteroatoms. The third-order valence-corrected chi connectivity index (χ3v) is 4.59. The average Bonchev–Trinajstić information content (AvgIpc) is 3.30. The highest BCUT2D eigenvalue weighted by Gasteiger charge is 2.50. The van der Waals surface area contributed by atoms with E-state index in [0.29, 0.717) is 23.7 Å². The Kier molecular flexibility index (Phi) is 3.93. The van der Waals surface area contributed by atoms with Crippen molar-refractivity contribution in [2.24, 2.45) is 20.7 Å². The van der Waals surface area contributed by atoms with Crippen molar-refractivity contribution in [2.75, 3.05) is 13.3 Å². The van der Waals surface area contributed by atoms with Gasteiger partial charge < -0.3 is 35.1 Å². The van der Waals surface area contributed by atoms with Crippen LogP contribution >= 0.6 is 0 Å². The fourth-order valence-electron chi connectivity index (χ4n) is 3.28. The molecule has 10 nitrogen and oxygen atoms in total. The molecule has 0 aliphatic carbocycles. The first kappa shape index (κ1) is 16.4. The summed E-state index contributed by atoms with van der Waals surface area (Å²) in [6.07, 6.45) is -0.940. The van der Waals surface area contributed by atoms with Gasteiger partial charge in [-0.3, -0.25) is 4.99 Å². The van der Waals surface area contributed by atoms with Gasteiger partial charge in [-0.25, -0.2) is 9.98 Å². The number of amidine groups is 1. The highest BCUT2D eigenvalue weighted by molar-refractivity contribution is 6.47. The first-order chi connectivity index (χ1) is 12.0. The normalized spacial score (nSPS) is 37.2. The highest BCUT2D eigenvalue weighted by Crippen LogP contribution is 2.29. The minimum absolute atomic E-state index is 0.154. The number of fused-ring (bicyclic) bond motifs is 1. The maximum Gasteiger partial charge on any atom is 0.163 e. The number of nitrogens with zero attached hydrogens (tertiary/aromatic N) is 4. The second-order valence-electron chi connectivity index (χ2n) is 6.22. The third kappa shape index (κ3) is 2.58. The lowest BCUT2D eigenvalue weighted by Crippen LogP contribution is -2.56. The summed E-state index contributed by atoms with van der Waals surface area (Å²) in [5.41, 5.74) is 5.75. The van der Waals surface area contributed by atoms with Crippen molar-refractivity contribution in [1.29, 1.82) is 0 Å². The Morgan fingerprint density at radius 3 is 2.88 bits per heavy atom. The van der Waals surface area contributed by atoms with Crippen molar-refractivity contribution in [1.82, 2.24) is 4.90 Å². The predicted molar refractivity (Wildman–Crippen MR) is 87.2 cm³/mol. The molecule has 1 saturated heterocycles. The molecule has 1 fully saturated rings. The van der Waals surface area contributed by atoms with Gasteiger partial charge >= 0.3 is 0 Å². The van der Waals surface area contributed by atoms with Crippen LogP contribution in [0.25, 0.3) is 0 Å². The molecule has 1 aromatic rings. The number of aliphatic imine (C=N–C) groups is 3. The summed E-state index contributed by atoms with van der Waals surface area (Å²) in [6.45, 7) is -0.245. The number of furan rings is 1. The van der Waals surface area contributed by atoms with Crippen LogP contribution in [0.1, 0.15) is 5.76 Å². The lowest BCUT2D eigenvalue weighted by Gasteiger charge is -2.32. The molecular weight excluding hydrogens is 330 g/mol. The molecule has 4 heterocycles. The Hall–Kier alpha value is -2.11. The van der Waals surface area contributed by atoms with Gasteiger partial charge in [0.25, 0.3) is 0 Å². The van der Waals surface area contributed by atoms with E-state index in [1.54, 1.807) is 23.3 Å². The van der Waals surface area contributed by atoms with Gasteiger partial charge in [0.05, 0.1) is 19.3 Å². The van der Waals surface area contributed by atoms with Crippen LogP contribution in [-0.2, 0) is 11.2 Å². The Morgan fingerprint density at radius 1 is 1.36 bits per heavy atom. The molecule has 1 unspecified atom stereocenters. The number of nitrogens with two attached hydrogens (primary N) is 1. The van der Waals surface area contributed by atoms with Crippen molar-refractivity contribution in [3.8, 4) is 0 Å². The summed E-state index contributed by atoms with van der Waals surface area (Å²) in [5.74, 6) is 1.09. The molecule has 25 heavy (non-hydrogen) atoms. The van der Waals surface area contributed by atoms with Crippen LogP contribution in [0, 0.1) is 0 Å². The van der Waals surface area contributed by atoms with Gasteiger partial charge in [0.1, 0.15) is 42.8 Å². The van der Waals surface area contributed by atoms with E-state index in [-0.39, 0.29) is 6.67 Å². The van der Waals surface area contributed by atoms with Crippen LogP contribution in [0.5, 0.6) is 0 Å². The first-order valence-corrected chi connectivity index (χ1v) is 7.90. The van der Waals surface area contributed by atoms with Crippen molar-refractivity contribution < 1.29 is 24.5 Å². The van der Waals surface area contributed by atoms with E-state index >= 15 is 0 Å². The fourth-order valence-corrected chi connectivity index (χ4v) is 3.28. The van der Waals surface area contributed by atoms with Gasteiger partial charge in [-0.05, 0) is 12.1 Å². The van der Waals surface area contributed by atoms with E-state index in [0.717, 1.165) is 0 Å². The van der Waals surface area contributed by atoms with E-state index in [2.05, 4.69) is 15.0 Å². The molecule has 0 saturated carbocycles. The Balaban J connectivity index is 1.57. The highest BCUT2D eigenvalue weighted by atomic mass is 16.6. The number of hydrogen-bond donors (Lipinski definition) is 4. The van der Waals surface area contributed by atoms with Crippen molar-refractivity contribution in [2.45, 2.75) is 36.6 Å². The molecule has 0 aromatic carbocycles. The fraction of sp³-hybridized carbons (Fsp3) is 0.533. The minimum atomic E-state index is -1.20. The Labute approximate surface area is 143 Å². The van der Waals surface area contributed by atoms with Gasteiger partial charge in [-0.1, -0.05) is 0 Å². The molecule has 5 N–H and O–H groups in total. The minimum Gasteiger partial charge on any atom is -0.469 e. The van der Waals surface area contributed by atoms with E-state index in [4.69, 9.17) is 14.9 Å². The smallest absolute Gasteiger partial charge is 0.163 e. The van der Waals surface area contributed by atoms with Crippen LogP contribution in [0.4, 0.5) is 0 Å². The monoisotopic (exact) mass is 349 g/mol. The van der Waals surface area contributed by atoms with Crippen LogP contribution in [0.3, 0.4) is 0 Å². The third-order valence-electron chi connectivity index (χ3n) is 4.59. The molecule has 0 amide bonds. The van der Waals surface area contributed by atoms with Gasteiger partial charge in [0, 0.05) is 0 Å². The zero-order chi connectivity index (χ0) is 17.6. The molecule has 3 aliphatic rings. The van der Waals surface area contributed by atoms with Crippen LogP contribution < -0.4 is 5.73 Å². The zero-order valence-corrected chi connectivity index (χ0v) is 13.3. The quantitative estimate of drug-likeness (QED) is 0.494. The number of ether oxygens (including phenoxy) is 1. The molecule has 0 spiro atoms. The van der Waals surface area contributed by atoms with Crippen LogP contribution in [0.2, 0.25) is 0 Å². The Morgan fingerprint density at radius 2 is 2.20 bits per heavy atom. The van der Waals surface area contributed by atoms with E-state index in [1.165, 1.54) is 6.34 Å². The van der Waals surface area contributed by atoms with E-state index in [9.17, 15) is 15.3 Å². The SMILES string of the molecule is NC1(Cc2ccco2)N=CN=C2C1=NCN2[C@@H]1O[C@H](CO)[C@@H](O)[C@H]1O. The average molecular weight is 349 g/mol. The molecule has 0 radical (unpaired) electrons. The maximum atomic E-state index is 10.2. The summed E-state index contributed by atoms with van der Waals surface area (Å²) < 4.78 is 10.9. The summed E-state index contributed by atoms with van der Waals surface area (Å²) in [7, 11) is 0. The largest absolute Gasteiger partial charge is 0.469 e. The summed E-state index contributed by atoms with van der Waals surface area (Å²) in [4.78, 5) is 14.5. The zero-order valence-electron chi connectivity index (χ0n) is 13.3. The molecular formula is C15H19N5O5. The predicted octanol–water partition coefficient (Wildman–Crippen LogP) is -1.93. The van der Waals surface area contributed by atoms with Crippen molar-refractivity contribution in [3.05, 3.63) is 24.2 Å². The summed E-state index contributed by atoms with van der Waals surface area (Å²) in [6, 6.07) is 3.57. The van der Waals surface area contributed by atoms with Gasteiger partial charge in [0.15, 0.2) is 17.7 Å². The lowest BCUT2D eigenvalue weighted by molar-refractivity contribution is -0.0688. The van der Waals surface area contributed by atoms with Crippen LogP contribution in [0.15, 0.2) is 37.8 Å². The molecule has 4 rings (SSSR count). The number of aliphatic hydroxyl groups excluding tert-OH is 3. The summed E-state index contributed by atoms with van der Waals surface area (Å²) >= 11 is 0. The second-order valence-corrected chi connectivity index (χ2v) is 6.22. The summed E-state index contributed by atoms with van der Waals surface area (Å²) in [5, 5.41) is 29.4. The van der Waals surface area contributed by atoms with Crippen LogP contribution in [-0.4, -0.2) is 81.6 Å². The van der Waals surface area contributed by atoms with Gasteiger partial charge in [0.2, 0.25) is 0 Å². The molecule has 134 valence electrons. The first-order valence-electron chi connectivity index (χ1n) is 7.90. The molecule has 5 atom stereocenters. The van der Waals surface area contributed by atoms with Crippen molar-refractivity contribution >= 4 is 17.9 Å². The lowest BCUT2D eigenvalue weighted by atomic mass is 9.97. The van der Waals surface area contributed by atoms with Gasteiger partial charge in [-0.15, -0.1) is 0 Å². The molecule has 1 aromatic heterocycles. The van der Waals surface area contributed by atoms with Crippen molar-refractivity contribution in [3.63, 3.8) is 0 Å². The molecule has 3 aliphatic heterocycles. The maximum absolute atomic E-state index is 10.2. The number of aliphatic hydroxyl groups is 3. The second kappa shape index (κ2) is 6.00. The number of hydrogen-bond acceptors (Lipinski definition) is 10. The topological polar surface area (TPSA) is 149 Å². The Bertz CT molecular complexity index is 733. The van der Waals surface area contributed by atoms with E-state index in [1.807, 2.05) is 0 Å². The van der Waals surface area contributed by atoms with E-state index < -0.39 is 36.8 Å².